The molecule has 1 aliphatic heterocycles. The van der Waals surface area contributed by atoms with Crippen molar-refractivity contribution >= 4 is 11.7 Å². The highest BCUT2D eigenvalue weighted by molar-refractivity contribution is 5.96. The van der Waals surface area contributed by atoms with E-state index in [1.165, 1.54) is 0 Å². The van der Waals surface area contributed by atoms with Gasteiger partial charge in [-0.2, -0.15) is 0 Å². The molecule has 1 amide bonds. The molecular formula is C22H26N2O3. The van der Waals surface area contributed by atoms with Crippen molar-refractivity contribution in [3.63, 3.8) is 0 Å². The summed E-state index contributed by atoms with van der Waals surface area (Å²) in [5, 5.41) is 0. The van der Waals surface area contributed by atoms with Crippen molar-refractivity contribution in [2.75, 3.05) is 20.2 Å². The van der Waals surface area contributed by atoms with Gasteiger partial charge in [-0.05, 0) is 24.1 Å². The molecule has 3 rings (SSSR count). The van der Waals surface area contributed by atoms with Crippen LogP contribution in [-0.4, -0.2) is 42.8 Å². The van der Waals surface area contributed by atoms with Crippen molar-refractivity contribution in [2.24, 2.45) is 5.73 Å². The van der Waals surface area contributed by atoms with Gasteiger partial charge in [0.1, 0.15) is 5.75 Å². The second-order valence-electron chi connectivity index (χ2n) is 6.99. The van der Waals surface area contributed by atoms with E-state index in [1.807, 2.05) is 59.5 Å². The topological polar surface area (TPSA) is 72.6 Å². The first kappa shape index (κ1) is 19.1. The van der Waals surface area contributed by atoms with Crippen molar-refractivity contribution in [1.82, 2.24) is 4.90 Å². The van der Waals surface area contributed by atoms with Crippen molar-refractivity contribution < 1.29 is 14.3 Å². The first-order chi connectivity index (χ1) is 13.1. The maximum Gasteiger partial charge on any atom is 0.222 e. The van der Waals surface area contributed by atoms with Gasteiger partial charge in [0.05, 0.1) is 7.11 Å². The first-order valence-electron chi connectivity index (χ1n) is 9.34. The predicted octanol–water partition coefficient (Wildman–Crippen LogP) is 3.00. The fourth-order valence-corrected chi connectivity index (χ4v) is 3.58. The molecule has 0 aromatic heterocycles. The van der Waals surface area contributed by atoms with E-state index in [0.717, 1.165) is 11.3 Å². The third-order valence-electron chi connectivity index (χ3n) is 5.13. The summed E-state index contributed by atoms with van der Waals surface area (Å²) in [5.74, 6) is 1.05. The van der Waals surface area contributed by atoms with E-state index in [-0.39, 0.29) is 23.7 Å². The van der Waals surface area contributed by atoms with E-state index in [4.69, 9.17) is 10.5 Å². The van der Waals surface area contributed by atoms with Crippen LogP contribution in [-0.2, 0) is 4.79 Å². The van der Waals surface area contributed by atoms with Crippen LogP contribution in [0, 0.1) is 0 Å². The van der Waals surface area contributed by atoms with Crippen molar-refractivity contribution in [3.05, 3.63) is 65.7 Å². The average Bonchev–Trinajstić information content (AvgIpc) is 3.10. The number of Topliss-reactive ketones (excluding diaryl/α,β-unsaturated/α-hetero) is 1. The van der Waals surface area contributed by atoms with Crippen LogP contribution in [0.2, 0.25) is 0 Å². The lowest BCUT2D eigenvalue weighted by molar-refractivity contribution is -0.130. The Hall–Kier alpha value is -2.66. The fraction of sp³-hybridized carbons (Fsp3) is 0.364. The zero-order valence-corrected chi connectivity index (χ0v) is 15.6. The van der Waals surface area contributed by atoms with Gasteiger partial charge >= 0.3 is 0 Å². The Labute approximate surface area is 160 Å². The van der Waals surface area contributed by atoms with E-state index in [1.54, 1.807) is 7.11 Å². The van der Waals surface area contributed by atoms with E-state index >= 15 is 0 Å². The van der Waals surface area contributed by atoms with E-state index < -0.39 is 0 Å². The molecule has 5 heteroatoms. The molecular weight excluding hydrogens is 340 g/mol. The summed E-state index contributed by atoms with van der Waals surface area (Å²) in [4.78, 5) is 26.5. The van der Waals surface area contributed by atoms with Gasteiger partial charge in [-0.25, -0.2) is 0 Å². The second-order valence-corrected chi connectivity index (χ2v) is 6.99. The molecule has 1 aliphatic rings. The third kappa shape index (κ3) is 4.74. The number of benzene rings is 2. The fourth-order valence-electron chi connectivity index (χ4n) is 3.58. The molecule has 1 saturated heterocycles. The van der Waals surface area contributed by atoms with Crippen LogP contribution in [0.3, 0.4) is 0 Å². The van der Waals surface area contributed by atoms with Crippen molar-refractivity contribution in [2.45, 2.75) is 31.2 Å². The largest absolute Gasteiger partial charge is 0.497 e. The SMILES string of the molecule is COc1cccc([C@@H]2CN(C(=O)CCCC(=O)c3ccccc3)C[C@H]2N)c1. The summed E-state index contributed by atoms with van der Waals surface area (Å²) in [5.41, 5.74) is 8.09. The van der Waals surface area contributed by atoms with Crippen molar-refractivity contribution in [1.29, 1.82) is 0 Å². The lowest BCUT2D eigenvalue weighted by atomic mass is 9.95. The Morgan fingerprint density at radius 2 is 1.85 bits per heavy atom. The van der Waals surface area contributed by atoms with Crippen LogP contribution in [0.4, 0.5) is 0 Å². The van der Waals surface area contributed by atoms with Gasteiger partial charge in [0.15, 0.2) is 5.78 Å². The summed E-state index contributed by atoms with van der Waals surface area (Å²) in [7, 11) is 1.64. The number of nitrogens with zero attached hydrogens (tertiary/aromatic N) is 1. The molecule has 2 N–H and O–H groups in total. The standard InChI is InChI=1S/C22H26N2O3/c1-27-18-10-5-9-17(13-18)19-14-24(15-20(19)23)22(26)12-6-11-21(25)16-7-3-2-4-8-16/h2-5,7-10,13,19-20H,6,11-12,14-15,23H2,1H3/t19-,20+/m0/s1. The minimum Gasteiger partial charge on any atom is -0.497 e. The Balaban J connectivity index is 1.51. The van der Waals surface area contributed by atoms with Gasteiger partial charge in [-0.15, -0.1) is 0 Å². The van der Waals surface area contributed by atoms with Crippen LogP contribution in [0.15, 0.2) is 54.6 Å². The smallest absolute Gasteiger partial charge is 0.222 e. The Morgan fingerprint density at radius 3 is 2.59 bits per heavy atom. The van der Waals surface area contributed by atoms with E-state index in [2.05, 4.69) is 0 Å². The maximum atomic E-state index is 12.5. The molecule has 27 heavy (non-hydrogen) atoms. The first-order valence-corrected chi connectivity index (χ1v) is 9.34. The number of amides is 1. The lowest BCUT2D eigenvalue weighted by Gasteiger charge is -2.17. The Kier molecular flexibility index (Phi) is 6.24. The molecule has 0 radical (unpaired) electrons. The number of likely N-dealkylation sites (tertiary alicyclic amines) is 1. The van der Waals surface area contributed by atoms with Crippen LogP contribution < -0.4 is 10.5 Å². The molecule has 2 atom stereocenters. The van der Waals surface area contributed by atoms with Gasteiger partial charge in [-0.1, -0.05) is 42.5 Å². The summed E-state index contributed by atoms with van der Waals surface area (Å²) in [6, 6.07) is 17.0. The number of hydrogen-bond donors (Lipinski definition) is 1. The number of ether oxygens (including phenoxy) is 1. The molecule has 0 saturated carbocycles. The molecule has 1 heterocycles. The van der Waals surface area contributed by atoms with Crippen LogP contribution in [0.5, 0.6) is 5.75 Å². The lowest BCUT2D eigenvalue weighted by Crippen LogP contribution is -2.32. The normalized spacial score (nSPS) is 19.1. The van der Waals surface area contributed by atoms with Gasteiger partial charge in [-0.3, -0.25) is 9.59 Å². The van der Waals surface area contributed by atoms with E-state index in [0.29, 0.717) is 37.9 Å². The average molecular weight is 366 g/mol. The highest BCUT2D eigenvalue weighted by Crippen LogP contribution is 2.29. The number of carbonyl (C=O) groups is 2. The number of hydrogen-bond acceptors (Lipinski definition) is 4. The molecule has 0 unspecified atom stereocenters. The number of ketones is 1. The quantitative estimate of drug-likeness (QED) is 0.765. The highest BCUT2D eigenvalue weighted by Gasteiger charge is 2.33. The van der Waals surface area contributed by atoms with Crippen LogP contribution >= 0.6 is 0 Å². The molecule has 2 aromatic rings. The monoisotopic (exact) mass is 366 g/mol. The maximum absolute atomic E-state index is 12.5. The van der Waals surface area contributed by atoms with Crippen molar-refractivity contribution in [3.8, 4) is 5.75 Å². The third-order valence-corrected chi connectivity index (χ3v) is 5.13. The molecule has 5 nitrogen and oxygen atoms in total. The minimum atomic E-state index is -0.0907. The molecule has 0 bridgehead atoms. The molecule has 2 aromatic carbocycles. The highest BCUT2D eigenvalue weighted by atomic mass is 16.5. The summed E-state index contributed by atoms with van der Waals surface area (Å²) >= 11 is 0. The summed E-state index contributed by atoms with van der Waals surface area (Å²) in [6.45, 7) is 1.16. The van der Waals surface area contributed by atoms with Gasteiger partial charge in [0, 0.05) is 43.5 Å². The van der Waals surface area contributed by atoms with Gasteiger partial charge in [0.2, 0.25) is 5.91 Å². The number of carbonyl (C=O) groups excluding carboxylic acids is 2. The van der Waals surface area contributed by atoms with Gasteiger partial charge < -0.3 is 15.4 Å². The molecule has 142 valence electrons. The molecule has 0 aliphatic carbocycles. The second kappa shape index (κ2) is 8.82. The zero-order chi connectivity index (χ0) is 19.2. The number of rotatable bonds is 7. The molecule has 0 spiro atoms. The van der Waals surface area contributed by atoms with Gasteiger partial charge in [0.25, 0.3) is 0 Å². The Morgan fingerprint density at radius 1 is 1.07 bits per heavy atom. The number of methoxy groups -OCH3 is 1. The summed E-state index contributed by atoms with van der Waals surface area (Å²) in [6.07, 6.45) is 1.31. The Bertz CT molecular complexity index is 791. The summed E-state index contributed by atoms with van der Waals surface area (Å²) < 4.78 is 5.28. The molecule has 1 fully saturated rings. The minimum absolute atomic E-state index is 0.0664. The number of nitrogens with two attached hydrogens (primary N) is 1. The zero-order valence-electron chi connectivity index (χ0n) is 15.6. The van der Waals surface area contributed by atoms with E-state index in [9.17, 15) is 9.59 Å². The van der Waals surface area contributed by atoms with Crippen LogP contribution in [0.1, 0.15) is 41.1 Å². The predicted molar refractivity (Wildman–Crippen MR) is 105 cm³/mol. The van der Waals surface area contributed by atoms with Crippen LogP contribution in [0.25, 0.3) is 0 Å².